The molecule has 0 saturated heterocycles. The Morgan fingerprint density at radius 2 is 1.96 bits per heavy atom. The monoisotopic (exact) mass is 389 g/mol. The lowest BCUT2D eigenvalue weighted by atomic mass is 10.2. The third-order valence-electron chi connectivity index (χ3n) is 3.41. The van der Waals surface area contributed by atoms with Crippen LogP contribution < -0.4 is 20.2 Å². The summed E-state index contributed by atoms with van der Waals surface area (Å²) >= 11 is 3.37. The van der Waals surface area contributed by atoms with Crippen LogP contribution in [0.15, 0.2) is 52.0 Å². The number of fused-ring (bicyclic) bond motifs is 1. The van der Waals surface area contributed by atoms with Crippen molar-refractivity contribution in [3.8, 4) is 11.5 Å². The van der Waals surface area contributed by atoms with Crippen molar-refractivity contribution in [2.75, 3.05) is 12.1 Å². The van der Waals surface area contributed by atoms with Gasteiger partial charge in [-0.2, -0.15) is 5.10 Å². The molecular formula is C17H16BrN3O3. The molecule has 2 N–H and O–H groups in total. The van der Waals surface area contributed by atoms with E-state index in [0.717, 1.165) is 15.7 Å². The molecule has 0 unspecified atom stereocenters. The highest BCUT2D eigenvalue weighted by Gasteiger charge is 2.13. The SMILES string of the molecule is C[C@@H](Nc1ccc(Br)cc1)C(=O)N/N=C\c1ccc2c(c1)OCO2. The number of carbonyl (C=O) groups is 1. The maximum Gasteiger partial charge on any atom is 0.262 e. The van der Waals surface area contributed by atoms with Gasteiger partial charge in [0, 0.05) is 10.2 Å². The quantitative estimate of drug-likeness (QED) is 0.608. The van der Waals surface area contributed by atoms with Crippen LogP contribution >= 0.6 is 15.9 Å². The third kappa shape index (κ3) is 4.05. The smallest absolute Gasteiger partial charge is 0.262 e. The summed E-state index contributed by atoms with van der Waals surface area (Å²) in [6.45, 7) is 2.00. The van der Waals surface area contributed by atoms with Crippen molar-refractivity contribution < 1.29 is 14.3 Å². The van der Waals surface area contributed by atoms with E-state index in [1.807, 2.05) is 42.5 Å². The van der Waals surface area contributed by atoms with Crippen LogP contribution in [0, 0.1) is 0 Å². The van der Waals surface area contributed by atoms with Crippen LogP contribution in [0.1, 0.15) is 12.5 Å². The Kier molecular flexibility index (Phi) is 5.00. The molecule has 0 fully saturated rings. The molecule has 1 atom stereocenters. The summed E-state index contributed by atoms with van der Waals surface area (Å²) in [4.78, 5) is 12.1. The van der Waals surface area contributed by atoms with E-state index in [-0.39, 0.29) is 12.7 Å². The van der Waals surface area contributed by atoms with Crippen molar-refractivity contribution in [1.82, 2.24) is 5.43 Å². The van der Waals surface area contributed by atoms with Gasteiger partial charge >= 0.3 is 0 Å². The van der Waals surface area contributed by atoms with Crippen molar-refractivity contribution in [3.63, 3.8) is 0 Å². The van der Waals surface area contributed by atoms with E-state index in [1.54, 1.807) is 13.1 Å². The van der Waals surface area contributed by atoms with E-state index in [2.05, 4.69) is 31.8 Å². The zero-order chi connectivity index (χ0) is 16.9. The van der Waals surface area contributed by atoms with Gasteiger partial charge in [-0.1, -0.05) is 15.9 Å². The van der Waals surface area contributed by atoms with Gasteiger partial charge in [-0.25, -0.2) is 5.43 Å². The van der Waals surface area contributed by atoms with Gasteiger partial charge < -0.3 is 14.8 Å². The van der Waals surface area contributed by atoms with Crippen LogP contribution in [0.3, 0.4) is 0 Å². The Labute approximate surface area is 148 Å². The van der Waals surface area contributed by atoms with Gasteiger partial charge in [0.15, 0.2) is 11.5 Å². The maximum atomic E-state index is 12.1. The predicted molar refractivity (Wildman–Crippen MR) is 95.5 cm³/mol. The van der Waals surface area contributed by atoms with Crippen LogP contribution in [0.25, 0.3) is 0 Å². The number of ether oxygens (including phenoxy) is 2. The standard InChI is InChI=1S/C17H16BrN3O3/c1-11(20-14-5-3-13(18)4-6-14)17(22)21-19-9-12-2-7-15-16(8-12)24-10-23-15/h2-9,11,20H,10H2,1H3,(H,21,22)/b19-9-/t11-/m1/s1. The van der Waals surface area contributed by atoms with Gasteiger partial charge in [-0.05, 0) is 55.0 Å². The Hall–Kier alpha value is -2.54. The highest BCUT2D eigenvalue weighted by Crippen LogP contribution is 2.31. The average Bonchev–Trinajstić information content (AvgIpc) is 3.04. The molecule has 1 aliphatic rings. The first-order valence-corrected chi connectivity index (χ1v) is 8.16. The second-order valence-corrected chi connectivity index (χ2v) is 6.14. The number of hydrogen-bond acceptors (Lipinski definition) is 5. The lowest BCUT2D eigenvalue weighted by molar-refractivity contribution is -0.121. The largest absolute Gasteiger partial charge is 0.454 e. The fourth-order valence-electron chi connectivity index (χ4n) is 2.12. The number of nitrogens with zero attached hydrogens (tertiary/aromatic N) is 1. The number of hydrazone groups is 1. The van der Waals surface area contributed by atoms with E-state index >= 15 is 0 Å². The fourth-order valence-corrected chi connectivity index (χ4v) is 2.39. The lowest BCUT2D eigenvalue weighted by Crippen LogP contribution is -2.34. The third-order valence-corrected chi connectivity index (χ3v) is 3.93. The van der Waals surface area contributed by atoms with E-state index in [0.29, 0.717) is 11.5 Å². The first kappa shape index (κ1) is 16.3. The van der Waals surface area contributed by atoms with Crippen molar-refractivity contribution >= 4 is 33.7 Å². The van der Waals surface area contributed by atoms with E-state index < -0.39 is 6.04 Å². The fraction of sp³-hybridized carbons (Fsp3) is 0.176. The molecule has 0 aromatic heterocycles. The number of anilines is 1. The van der Waals surface area contributed by atoms with Gasteiger partial charge in [0.25, 0.3) is 5.91 Å². The van der Waals surface area contributed by atoms with Crippen molar-refractivity contribution in [3.05, 3.63) is 52.5 Å². The average molecular weight is 390 g/mol. The van der Waals surface area contributed by atoms with Gasteiger partial charge in [-0.15, -0.1) is 0 Å². The molecular weight excluding hydrogens is 374 g/mol. The van der Waals surface area contributed by atoms with E-state index in [9.17, 15) is 4.79 Å². The van der Waals surface area contributed by atoms with Gasteiger partial charge in [0.1, 0.15) is 6.04 Å². The number of amides is 1. The molecule has 0 spiro atoms. The summed E-state index contributed by atoms with van der Waals surface area (Å²) in [6.07, 6.45) is 1.56. The minimum absolute atomic E-state index is 0.227. The summed E-state index contributed by atoms with van der Waals surface area (Å²) in [5.74, 6) is 1.16. The topological polar surface area (TPSA) is 72.0 Å². The normalized spacial score (nSPS) is 13.8. The molecule has 0 bridgehead atoms. The Morgan fingerprint density at radius 3 is 2.75 bits per heavy atom. The minimum atomic E-state index is -0.417. The minimum Gasteiger partial charge on any atom is -0.454 e. The van der Waals surface area contributed by atoms with Crippen LogP contribution in [-0.2, 0) is 4.79 Å². The molecule has 0 radical (unpaired) electrons. The number of rotatable bonds is 5. The van der Waals surface area contributed by atoms with Gasteiger partial charge in [0.2, 0.25) is 6.79 Å². The summed E-state index contributed by atoms with van der Waals surface area (Å²) in [5.41, 5.74) is 4.19. The first-order chi connectivity index (χ1) is 11.6. The highest BCUT2D eigenvalue weighted by molar-refractivity contribution is 9.10. The molecule has 6 nitrogen and oxygen atoms in total. The highest BCUT2D eigenvalue weighted by atomic mass is 79.9. The number of nitrogens with one attached hydrogen (secondary N) is 2. The molecule has 3 rings (SSSR count). The van der Waals surface area contributed by atoms with Crippen LogP contribution in [0.5, 0.6) is 11.5 Å². The van der Waals surface area contributed by atoms with Crippen molar-refractivity contribution in [1.29, 1.82) is 0 Å². The molecule has 7 heteroatoms. The zero-order valence-corrected chi connectivity index (χ0v) is 14.5. The summed E-state index contributed by atoms with van der Waals surface area (Å²) in [5, 5.41) is 7.08. The molecule has 1 aliphatic heterocycles. The van der Waals surface area contributed by atoms with Crippen molar-refractivity contribution in [2.45, 2.75) is 13.0 Å². The van der Waals surface area contributed by atoms with Gasteiger partial charge in [0.05, 0.1) is 6.21 Å². The summed E-state index contributed by atoms with van der Waals surface area (Å²) < 4.78 is 11.5. The molecule has 1 amide bonds. The lowest BCUT2D eigenvalue weighted by Gasteiger charge is -2.13. The van der Waals surface area contributed by atoms with Crippen LogP contribution in [0.4, 0.5) is 5.69 Å². The number of carbonyl (C=O) groups excluding carboxylic acids is 1. The molecule has 2 aromatic carbocycles. The Balaban J connectivity index is 1.53. The van der Waals surface area contributed by atoms with Crippen molar-refractivity contribution in [2.24, 2.45) is 5.10 Å². The van der Waals surface area contributed by atoms with Gasteiger partial charge in [-0.3, -0.25) is 4.79 Å². The number of hydrogen-bond donors (Lipinski definition) is 2. The van der Waals surface area contributed by atoms with E-state index in [4.69, 9.17) is 9.47 Å². The van der Waals surface area contributed by atoms with Crippen LogP contribution in [-0.4, -0.2) is 25.0 Å². The Bertz CT molecular complexity index is 762. The summed E-state index contributed by atoms with van der Waals surface area (Å²) in [7, 11) is 0. The Morgan fingerprint density at radius 1 is 1.21 bits per heavy atom. The summed E-state index contributed by atoms with van der Waals surface area (Å²) in [6, 6.07) is 12.6. The molecule has 2 aromatic rings. The van der Waals surface area contributed by atoms with E-state index in [1.165, 1.54) is 0 Å². The number of benzene rings is 2. The zero-order valence-electron chi connectivity index (χ0n) is 13.0. The molecule has 1 heterocycles. The second-order valence-electron chi connectivity index (χ2n) is 5.22. The molecule has 124 valence electrons. The molecule has 0 aliphatic carbocycles. The second kappa shape index (κ2) is 7.35. The molecule has 24 heavy (non-hydrogen) atoms. The predicted octanol–water partition coefficient (Wildman–Crippen LogP) is 3.13. The maximum absolute atomic E-state index is 12.1. The first-order valence-electron chi connectivity index (χ1n) is 7.36. The van der Waals surface area contributed by atoms with Crippen LogP contribution in [0.2, 0.25) is 0 Å². The molecule has 0 saturated carbocycles. The number of halogens is 1.